The first kappa shape index (κ1) is 14.8. The zero-order valence-corrected chi connectivity index (χ0v) is 14.3. The molecule has 4 nitrogen and oxygen atoms in total. The van der Waals surface area contributed by atoms with Gasteiger partial charge in [-0.3, -0.25) is 15.0 Å². The summed E-state index contributed by atoms with van der Waals surface area (Å²) in [4.78, 5) is 20.1. The normalized spacial score (nSPS) is 15.3. The van der Waals surface area contributed by atoms with Crippen LogP contribution in [0.15, 0.2) is 35.7 Å². The minimum absolute atomic E-state index is 0.0757. The van der Waals surface area contributed by atoms with Crippen LogP contribution in [0.2, 0.25) is 0 Å². The Morgan fingerprint density at radius 1 is 1.26 bits per heavy atom. The Labute approximate surface area is 142 Å². The molecule has 1 aliphatic heterocycles. The molecule has 0 radical (unpaired) electrons. The smallest absolute Gasteiger partial charge is 0.267 e. The van der Waals surface area contributed by atoms with Gasteiger partial charge in [-0.15, -0.1) is 22.7 Å². The van der Waals surface area contributed by atoms with Gasteiger partial charge in [0.25, 0.3) is 5.91 Å². The molecule has 1 amide bonds. The van der Waals surface area contributed by atoms with Crippen molar-refractivity contribution in [2.45, 2.75) is 19.4 Å². The largest absolute Gasteiger partial charge is 0.297 e. The number of hydrogen-bond donors (Lipinski definition) is 1. The van der Waals surface area contributed by atoms with Crippen molar-refractivity contribution in [3.63, 3.8) is 0 Å². The van der Waals surface area contributed by atoms with Crippen molar-refractivity contribution in [3.8, 4) is 0 Å². The van der Waals surface area contributed by atoms with Crippen LogP contribution in [0.5, 0.6) is 0 Å². The van der Waals surface area contributed by atoms with Crippen molar-refractivity contribution in [1.82, 2.24) is 9.88 Å². The average molecular weight is 343 g/mol. The third-order valence-electron chi connectivity index (χ3n) is 4.01. The van der Waals surface area contributed by atoms with Crippen molar-refractivity contribution in [2.24, 2.45) is 0 Å². The summed E-state index contributed by atoms with van der Waals surface area (Å²) in [6.45, 7) is 3.19. The van der Waals surface area contributed by atoms with Gasteiger partial charge in [0.15, 0.2) is 5.13 Å². The summed E-state index contributed by atoms with van der Waals surface area (Å²) >= 11 is 3.01. The Morgan fingerprint density at radius 3 is 2.91 bits per heavy atom. The van der Waals surface area contributed by atoms with E-state index in [-0.39, 0.29) is 5.91 Å². The second kappa shape index (κ2) is 6.39. The van der Waals surface area contributed by atoms with Crippen molar-refractivity contribution < 1.29 is 4.79 Å². The Bertz CT molecular complexity index is 800. The van der Waals surface area contributed by atoms with Gasteiger partial charge in [-0.25, -0.2) is 4.98 Å². The van der Waals surface area contributed by atoms with Crippen molar-refractivity contribution in [3.05, 3.63) is 46.3 Å². The minimum Gasteiger partial charge on any atom is -0.297 e. The summed E-state index contributed by atoms with van der Waals surface area (Å²) in [6, 6.07) is 9.98. The van der Waals surface area contributed by atoms with Crippen LogP contribution in [0.4, 0.5) is 5.13 Å². The molecule has 0 bridgehead atoms. The molecule has 0 saturated carbocycles. The summed E-state index contributed by atoms with van der Waals surface area (Å²) in [7, 11) is 0. The van der Waals surface area contributed by atoms with Crippen LogP contribution in [0.25, 0.3) is 10.1 Å². The lowest BCUT2D eigenvalue weighted by Gasteiger charge is -2.11. The molecule has 0 spiro atoms. The summed E-state index contributed by atoms with van der Waals surface area (Å²) in [5.74, 6) is -0.0757. The van der Waals surface area contributed by atoms with Crippen LogP contribution in [0.3, 0.4) is 0 Å². The zero-order chi connectivity index (χ0) is 15.6. The number of rotatable bonds is 4. The number of nitrogens with one attached hydrogen (secondary N) is 1. The molecular weight excluding hydrogens is 326 g/mol. The van der Waals surface area contributed by atoms with Crippen molar-refractivity contribution in [1.29, 1.82) is 0 Å². The van der Waals surface area contributed by atoms with E-state index in [2.05, 4.69) is 15.2 Å². The summed E-state index contributed by atoms with van der Waals surface area (Å²) in [6.07, 6.45) is 2.55. The van der Waals surface area contributed by atoms with Crippen molar-refractivity contribution >= 4 is 43.8 Å². The van der Waals surface area contributed by atoms with E-state index < -0.39 is 0 Å². The van der Waals surface area contributed by atoms with Crippen LogP contribution < -0.4 is 5.32 Å². The molecule has 1 aromatic carbocycles. The fourth-order valence-electron chi connectivity index (χ4n) is 2.86. The molecule has 1 N–H and O–H groups in total. The number of nitrogens with zero attached hydrogens (tertiary/aromatic N) is 2. The van der Waals surface area contributed by atoms with E-state index in [1.54, 1.807) is 0 Å². The highest BCUT2D eigenvalue weighted by atomic mass is 32.1. The molecule has 3 heterocycles. The lowest BCUT2D eigenvalue weighted by Crippen LogP contribution is -2.18. The van der Waals surface area contributed by atoms with Gasteiger partial charge in [0.1, 0.15) is 0 Å². The topological polar surface area (TPSA) is 45.2 Å². The molecular formula is C17H17N3OS2. The SMILES string of the molecule is O=C(Nc1nc(CN2CCCC2)cs1)c1cc2ccccc2s1. The first-order valence-electron chi connectivity index (χ1n) is 7.75. The maximum absolute atomic E-state index is 12.4. The summed E-state index contributed by atoms with van der Waals surface area (Å²) < 4.78 is 1.13. The van der Waals surface area contributed by atoms with Gasteiger partial charge in [-0.2, -0.15) is 0 Å². The summed E-state index contributed by atoms with van der Waals surface area (Å²) in [5, 5.41) is 6.76. The van der Waals surface area contributed by atoms with Crippen LogP contribution in [-0.4, -0.2) is 28.9 Å². The molecule has 1 fully saturated rings. The fourth-order valence-corrected chi connectivity index (χ4v) is 4.51. The molecule has 23 heavy (non-hydrogen) atoms. The third-order valence-corrected chi connectivity index (χ3v) is 5.93. The number of thiazole rings is 1. The van der Waals surface area contributed by atoms with Gasteiger partial charge in [0.05, 0.1) is 10.6 Å². The van der Waals surface area contributed by atoms with Crippen LogP contribution in [-0.2, 0) is 6.54 Å². The van der Waals surface area contributed by atoms with E-state index in [9.17, 15) is 4.79 Å². The number of hydrogen-bond acceptors (Lipinski definition) is 5. The van der Waals surface area contributed by atoms with Crippen LogP contribution in [0, 0.1) is 0 Å². The predicted octanol–water partition coefficient (Wildman–Crippen LogP) is 4.21. The molecule has 1 saturated heterocycles. The Balaban J connectivity index is 1.44. The first-order chi connectivity index (χ1) is 11.3. The highest BCUT2D eigenvalue weighted by molar-refractivity contribution is 7.21. The molecule has 3 aromatic rings. The highest BCUT2D eigenvalue weighted by Crippen LogP contribution is 2.26. The van der Waals surface area contributed by atoms with E-state index in [1.807, 2.05) is 35.7 Å². The minimum atomic E-state index is -0.0757. The van der Waals surface area contributed by atoms with E-state index in [0.29, 0.717) is 5.13 Å². The number of carbonyl (C=O) groups is 1. The number of thiophene rings is 1. The molecule has 0 atom stereocenters. The third kappa shape index (κ3) is 3.29. The molecule has 0 unspecified atom stereocenters. The first-order valence-corrected chi connectivity index (χ1v) is 9.44. The van der Waals surface area contributed by atoms with Gasteiger partial charge >= 0.3 is 0 Å². The Kier molecular flexibility index (Phi) is 4.11. The Morgan fingerprint density at radius 2 is 2.09 bits per heavy atom. The standard InChI is InChI=1S/C17H17N3OS2/c21-16(15-9-12-5-1-2-6-14(12)23-15)19-17-18-13(11-22-17)10-20-7-3-4-8-20/h1-2,5-6,9,11H,3-4,7-8,10H2,(H,18,19,21). The Hall–Kier alpha value is -1.76. The number of likely N-dealkylation sites (tertiary alicyclic amines) is 1. The van der Waals surface area contributed by atoms with E-state index in [1.165, 1.54) is 35.5 Å². The quantitative estimate of drug-likeness (QED) is 0.772. The predicted molar refractivity (Wildman–Crippen MR) is 96.4 cm³/mol. The number of anilines is 1. The molecule has 6 heteroatoms. The molecule has 0 aliphatic carbocycles. The van der Waals surface area contributed by atoms with E-state index >= 15 is 0 Å². The second-order valence-corrected chi connectivity index (χ2v) is 7.67. The molecule has 1 aliphatic rings. The number of amides is 1. The second-order valence-electron chi connectivity index (χ2n) is 5.73. The monoisotopic (exact) mass is 343 g/mol. The van der Waals surface area contributed by atoms with Crippen LogP contribution in [0.1, 0.15) is 28.2 Å². The molecule has 118 valence electrons. The van der Waals surface area contributed by atoms with Gasteiger partial charge in [0.2, 0.25) is 0 Å². The maximum Gasteiger partial charge on any atom is 0.267 e. The lowest BCUT2D eigenvalue weighted by atomic mass is 10.2. The molecule has 4 rings (SSSR count). The fraction of sp³-hybridized carbons (Fsp3) is 0.294. The number of fused-ring (bicyclic) bond motifs is 1. The van der Waals surface area contributed by atoms with E-state index in [0.717, 1.165) is 40.3 Å². The lowest BCUT2D eigenvalue weighted by molar-refractivity contribution is 0.103. The summed E-state index contributed by atoms with van der Waals surface area (Å²) in [5.41, 5.74) is 1.04. The zero-order valence-electron chi connectivity index (χ0n) is 12.6. The van der Waals surface area contributed by atoms with Gasteiger partial charge in [0, 0.05) is 16.6 Å². The number of benzene rings is 1. The molecule has 2 aromatic heterocycles. The highest BCUT2D eigenvalue weighted by Gasteiger charge is 2.15. The van der Waals surface area contributed by atoms with Crippen LogP contribution >= 0.6 is 22.7 Å². The van der Waals surface area contributed by atoms with Gasteiger partial charge in [-0.05, 0) is 43.5 Å². The van der Waals surface area contributed by atoms with E-state index in [4.69, 9.17) is 0 Å². The average Bonchev–Trinajstić information content (AvgIpc) is 3.28. The number of carbonyl (C=O) groups excluding carboxylic acids is 1. The van der Waals surface area contributed by atoms with Gasteiger partial charge in [-0.1, -0.05) is 18.2 Å². The van der Waals surface area contributed by atoms with Gasteiger partial charge < -0.3 is 0 Å². The van der Waals surface area contributed by atoms with Crippen molar-refractivity contribution in [2.75, 3.05) is 18.4 Å². The number of aromatic nitrogens is 1. The maximum atomic E-state index is 12.4.